The molecule has 4 heteroatoms. The third-order valence-electron chi connectivity index (χ3n) is 3.88. The first-order valence-corrected chi connectivity index (χ1v) is 7.96. The average Bonchev–Trinajstić information content (AvgIpc) is 2.78. The van der Waals surface area contributed by atoms with Gasteiger partial charge in [-0.05, 0) is 6.42 Å². The number of carboxylic acids is 1. The van der Waals surface area contributed by atoms with Crippen LogP contribution in [0, 0.1) is 0 Å². The number of hydrogen-bond donors (Lipinski definition) is 2. The van der Waals surface area contributed by atoms with E-state index in [1.54, 1.807) is 10.8 Å². The number of aromatic nitrogens is 2. The van der Waals surface area contributed by atoms with E-state index in [2.05, 4.69) is 11.9 Å². The number of aromatic amines is 1. The number of hydrogen-bond acceptors (Lipinski definition) is 1. The van der Waals surface area contributed by atoms with Crippen molar-refractivity contribution in [1.29, 1.82) is 0 Å². The lowest BCUT2D eigenvalue weighted by atomic mass is 10.1. The van der Waals surface area contributed by atoms with Gasteiger partial charge in [-0.2, -0.15) is 0 Å². The molecule has 0 aliphatic carbocycles. The van der Waals surface area contributed by atoms with Crippen molar-refractivity contribution in [2.75, 3.05) is 0 Å². The Morgan fingerprint density at radius 1 is 1.10 bits per heavy atom. The lowest BCUT2D eigenvalue weighted by Gasteiger charge is -2.01. The molecular weight excluding hydrogens is 252 g/mol. The molecule has 0 aliphatic rings. The highest BCUT2D eigenvalue weighted by Crippen LogP contribution is 2.10. The van der Waals surface area contributed by atoms with Gasteiger partial charge in [-0.15, -0.1) is 0 Å². The summed E-state index contributed by atoms with van der Waals surface area (Å²) in [5.41, 5.74) is 0.330. The maximum absolute atomic E-state index is 10.9. The Labute approximate surface area is 122 Å². The number of unbranched alkanes of at least 4 members (excludes halogenated alkanes) is 8. The van der Waals surface area contributed by atoms with Crippen molar-refractivity contribution in [3.63, 3.8) is 0 Å². The van der Waals surface area contributed by atoms with Crippen molar-refractivity contribution in [3.8, 4) is 0 Å². The largest absolute Gasteiger partial charge is 0.475 e. The molecule has 1 rings (SSSR count). The maximum Gasteiger partial charge on any atom is 0.379 e. The molecule has 4 nitrogen and oxygen atoms in total. The molecule has 114 valence electrons. The van der Waals surface area contributed by atoms with Gasteiger partial charge in [-0.1, -0.05) is 58.3 Å². The Hall–Kier alpha value is -1.32. The van der Waals surface area contributed by atoms with Crippen LogP contribution in [0.1, 0.15) is 81.0 Å². The fourth-order valence-corrected chi connectivity index (χ4v) is 2.54. The van der Waals surface area contributed by atoms with E-state index in [1.807, 2.05) is 7.05 Å². The molecule has 0 aromatic carbocycles. The Kier molecular flexibility index (Phi) is 8.00. The molecule has 0 spiro atoms. The molecule has 0 saturated carbocycles. The van der Waals surface area contributed by atoms with Crippen molar-refractivity contribution in [2.24, 2.45) is 7.05 Å². The van der Waals surface area contributed by atoms with E-state index in [0.29, 0.717) is 5.69 Å². The number of H-pyrrole nitrogens is 1. The number of carboxylic acid groups (broad SMARTS) is 1. The molecule has 0 radical (unpaired) electrons. The molecule has 0 saturated heterocycles. The summed E-state index contributed by atoms with van der Waals surface area (Å²) in [6.07, 6.45) is 14.3. The van der Waals surface area contributed by atoms with Crippen LogP contribution in [0.5, 0.6) is 0 Å². The zero-order valence-electron chi connectivity index (χ0n) is 13.0. The van der Waals surface area contributed by atoms with E-state index in [-0.39, 0.29) is 0 Å². The number of nitrogens with one attached hydrogen (secondary N) is 1. The topological polar surface area (TPSA) is 57.0 Å². The summed E-state index contributed by atoms with van der Waals surface area (Å²) in [5.74, 6) is 0.132. The summed E-state index contributed by atoms with van der Waals surface area (Å²) >= 11 is 0. The van der Waals surface area contributed by atoms with Gasteiger partial charge in [0.25, 0.3) is 11.5 Å². The minimum absolute atomic E-state index is 0.330. The van der Waals surface area contributed by atoms with Crippen molar-refractivity contribution >= 4 is 5.97 Å². The van der Waals surface area contributed by atoms with Gasteiger partial charge in [-0.3, -0.25) is 0 Å². The highest BCUT2D eigenvalue weighted by atomic mass is 16.4. The molecular formula is C16H29N2O2+. The standard InChI is InChI=1S/C16H28N2O2/c1-3-4-5-6-7-8-9-10-11-12-15-17-13-14(16(19)20)18(15)2/h13H,3-12H2,1-2H3,(H,19,20)/p+1. The van der Waals surface area contributed by atoms with Crippen molar-refractivity contribution in [1.82, 2.24) is 4.98 Å². The minimum atomic E-state index is -0.873. The summed E-state index contributed by atoms with van der Waals surface area (Å²) in [5, 5.41) is 8.97. The number of imidazole rings is 1. The van der Waals surface area contributed by atoms with Crippen LogP contribution in [0.25, 0.3) is 0 Å². The Morgan fingerprint density at radius 2 is 1.65 bits per heavy atom. The molecule has 20 heavy (non-hydrogen) atoms. The number of aromatic carboxylic acids is 1. The smallest absolute Gasteiger partial charge is 0.379 e. The molecule has 0 aliphatic heterocycles. The summed E-state index contributed by atoms with van der Waals surface area (Å²) in [4.78, 5) is 14.0. The van der Waals surface area contributed by atoms with E-state index in [1.165, 1.54) is 51.4 Å². The summed E-state index contributed by atoms with van der Waals surface area (Å²) in [6, 6.07) is 0. The molecule has 1 heterocycles. The molecule has 1 aromatic rings. The van der Waals surface area contributed by atoms with Gasteiger partial charge in [-0.25, -0.2) is 14.3 Å². The van der Waals surface area contributed by atoms with Crippen LogP contribution in [-0.2, 0) is 13.5 Å². The van der Waals surface area contributed by atoms with Crippen LogP contribution in [0.3, 0.4) is 0 Å². The van der Waals surface area contributed by atoms with Crippen LogP contribution >= 0.6 is 0 Å². The second kappa shape index (κ2) is 9.56. The fraction of sp³-hybridized carbons (Fsp3) is 0.750. The van der Waals surface area contributed by atoms with E-state index in [9.17, 15) is 4.79 Å². The average molecular weight is 281 g/mol. The van der Waals surface area contributed by atoms with Gasteiger partial charge in [0.1, 0.15) is 6.20 Å². The molecule has 0 bridgehead atoms. The lowest BCUT2D eigenvalue weighted by molar-refractivity contribution is -0.680. The van der Waals surface area contributed by atoms with Crippen LogP contribution in [0.2, 0.25) is 0 Å². The molecule has 0 atom stereocenters. The number of aryl methyl sites for hydroxylation is 1. The summed E-state index contributed by atoms with van der Waals surface area (Å²) in [7, 11) is 1.81. The van der Waals surface area contributed by atoms with E-state index < -0.39 is 5.97 Å². The minimum Gasteiger partial charge on any atom is -0.475 e. The molecule has 2 N–H and O–H groups in total. The molecule has 0 amide bonds. The predicted molar refractivity (Wildman–Crippen MR) is 79.9 cm³/mol. The van der Waals surface area contributed by atoms with Gasteiger partial charge in [0, 0.05) is 6.42 Å². The number of carbonyl (C=O) groups is 1. The molecule has 0 fully saturated rings. The zero-order chi connectivity index (χ0) is 14.8. The second-order valence-corrected chi connectivity index (χ2v) is 5.56. The van der Waals surface area contributed by atoms with Gasteiger partial charge in [0.15, 0.2) is 0 Å². The van der Waals surface area contributed by atoms with Crippen LogP contribution < -0.4 is 4.57 Å². The lowest BCUT2D eigenvalue weighted by Crippen LogP contribution is -2.37. The van der Waals surface area contributed by atoms with Crippen LogP contribution in [-0.4, -0.2) is 16.1 Å². The highest BCUT2D eigenvalue weighted by Gasteiger charge is 2.19. The maximum atomic E-state index is 10.9. The Balaban J connectivity index is 2.08. The first kappa shape index (κ1) is 16.7. The fourth-order valence-electron chi connectivity index (χ4n) is 2.54. The van der Waals surface area contributed by atoms with Crippen molar-refractivity contribution in [3.05, 3.63) is 17.7 Å². The van der Waals surface area contributed by atoms with E-state index >= 15 is 0 Å². The highest BCUT2D eigenvalue weighted by molar-refractivity contribution is 5.83. The van der Waals surface area contributed by atoms with Crippen molar-refractivity contribution in [2.45, 2.75) is 71.1 Å². The first-order valence-electron chi connectivity index (χ1n) is 7.96. The predicted octanol–water partition coefficient (Wildman–Crippen LogP) is 3.61. The molecule has 1 aromatic heterocycles. The summed E-state index contributed by atoms with van der Waals surface area (Å²) in [6.45, 7) is 2.25. The van der Waals surface area contributed by atoms with Gasteiger partial charge < -0.3 is 5.11 Å². The van der Waals surface area contributed by atoms with Gasteiger partial charge in [0.2, 0.25) is 0 Å². The van der Waals surface area contributed by atoms with Gasteiger partial charge in [0.05, 0.1) is 7.05 Å². The monoisotopic (exact) mass is 281 g/mol. The van der Waals surface area contributed by atoms with Crippen molar-refractivity contribution < 1.29 is 14.5 Å². The molecule has 0 unspecified atom stereocenters. The Bertz CT molecular complexity index is 399. The second-order valence-electron chi connectivity index (χ2n) is 5.56. The zero-order valence-corrected chi connectivity index (χ0v) is 13.0. The van der Waals surface area contributed by atoms with Crippen LogP contribution in [0.4, 0.5) is 0 Å². The normalized spacial score (nSPS) is 10.9. The Morgan fingerprint density at radius 3 is 2.15 bits per heavy atom. The van der Waals surface area contributed by atoms with Crippen LogP contribution in [0.15, 0.2) is 6.20 Å². The first-order chi connectivity index (χ1) is 9.66. The quantitative estimate of drug-likeness (QED) is 0.481. The third-order valence-corrected chi connectivity index (χ3v) is 3.88. The third kappa shape index (κ3) is 5.76. The van der Waals surface area contributed by atoms with Gasteiger partial charge >= 0.3 is 5.97 Å². The summed E-state index contributed by atoms with van der Waals surface area (Å²) < 4.78 is 1.74. The number of rotatable bonds is 11. The SMILES string of the molecule is CCCCCCCCCCCc1[nH]cc(C(=O)O)[n+]1C. The number of nitrogens with zero attached hydrogens (tertiary/aromatic N) is 1. The van der Waals surface area contributed by atoms with E-state index in [0.717, 1.165) is 18.7 Å². The van der Waals surface area contributed by atoms with E-state index in [4.69, 9.17) is 5.11 Å².